The average molecular weight is 287 g/mol. The number of amides is 1. The number of rotatable bonds is 4. The van der Waals surface area contributed by atoms with Crippen molar-refractivity contribution in [3.8, 4) is 11.8 Å². The van der Waals surface area contributed by atoms with E-state index in [1.807, 2.05) is 18.2 Å². The summed E-state index contributed by atoms with van der Waals surface area (Å²) in [6, 6.07) is 7.86. The third kappa shape index (κ3) is 3.73. The van der Waals surface area contributed by atoms with Gasteiger partial charge in [0.2, 0.25) is 5.91 Å². The third-order valence-electron chi connectivity index (χ3n) is 4.00. The van der Waals surface area contributed by atoms with Gasteiger partial charge in [0, 0.05) is 19.5 Å². The topological polar surface area (TPSA) is 65.4 Å². The van der Waals surface area contributed by atoms with E-state index in [4.69, 9.17) is 10.00 Å². The molecule has 1 fully saturated rings. The first-order valence-corrected chi connectivity index (χ1v) is 7.19. The maximum atomic E-state index is 11.6. The number of nitrogens with zero attached hydrogens (tertiary/aromatic N) is 2. The predicted molar refractivity (Wildman–Crippen MR) is 79.8 cm³/mol. The van der Waals surface area contributed by atoms with Crippen molar-refractivity contribution in [2.24, 2.45) is 5.92 Å². The quantitative estimate of drug-likeness (QED) is 0.912. The molecule has 1 aliphatic heterocycles. The summed E-state index contributed by atoms with van der Waals surface area (Å²) in [6.45, 7) is 2.62. The molecule has 0 saturated carbocycles. The molecule has 1 aromatic carbocycles. The van der Waals surface area contributed by atoms with E-state index in [0.717, 1.165) is 38.0 Å². The SMILES string of the molecule is CNC(=O)C1CCN(Cc2ccc(OC)c(C#N)c2)CC1. The Morgan fingerprint density at radius 1 is 1.48 bits per heavy atom. The highest BCUT2D eigenvalue weighted by atomic mass is 16.5. The summed E-state index contributed by atoms with van der Waals surface area (Å²) in [5.74, 6) is 0.891. The van der Waals surface area contributed by atoms with Gasteiger partial charge in [0.25, 0.3) is 0 Å². The monoisotopic (exact) mass is 287 g/mol. The second-order valence-corrected chi connectivity index (χ2v) is 5.31. The number of carbonyl (C=O) groups is 1. The first-order chi connectivity index (χ1) is 10.2. The van der Waals surface area contributed by atoms with Crippen molar-refractivity contribution >= 4 is 5.91 Å². The molecule has 1 amide bonds. The maximum Gasteiger partial charge on any atom is 0.222 e. The fourth-order valence-electron chi connectivity index (χ4n) is 2.76. The van der Waals surface area contributed by atoms with Crippen LogP contribution in [0.1, 0.15) is 24.0 Å². The molecule has 0 spiro atoms. The zero-order valence-electron chi connectivity index (χ0n) is 12.6. The molecule has 0 atom stereocenters. The van der Waals surface area contributed by atoms with E-state index in [1.165, 1.54) is 0 Å². The van der Waals surface area contributed by atoms with Crippen LogP contribution in [0.15, 0.2) is 18.2 Å². The van der Waals surface area contributed by atoms with E-state index in [-0.39, 0.29) is 11.8 Å². The zero-order chi connectivity index (χ0) is 15.2. The minimum atomic E-state index is 0.136. The summed E-state index contributed by atoms with van der Waals surface area (Å²) in [6.07, 6.45) is 1.78. The van der Waals surface area contributed by atoms with Gasteiger partial charge < -0.3 is 10.1 Å². The van der Waals surface area contributed by atoms with Crippen molar-refractivity contribution in [3.05, 3.63) is 29.3 Å². The van der Waals surface area contributed by atoms with Crippen LogP contribution in [0.5, 0.6) is 5.75 Å². The Bertz CT molecular complexity index is 543. The number of nitrogens with one attached hydrogen (secondary N) is 1. The lowest BCUT2D eigenvalue weighted by atomic mass is 9.95. The summed E-state index contributed by atoms with van der Waals surface area (Å²) in [5, 5.41) is 11.8. The van der Waals surface area contributed by atoms with Crippen LogP contribution in [0.25, 0.3) is 0 Å². The van der Waals surface area contributed by atoms with Gasteiger partial charge in [-0.2, -0.15) is 5.26 Å². The van der Waals surface area contributed by atoms with Crippen LogP contribution in [0, 0.1) is 17.2 Å². The molecule has 1 aromatic rings. The Balaban J connectivity index is 1.95. The van der Waals surface area contributed by atoms with E-state index < -0.39 is 0 Å². The van der Waals surface area contributed by atoms with Crippen molar-refractivity contribution in [1.82, 2.24) is 10.2 Å². The molecule has 21 heavy (non-hydrogen) atoms. The molecule has 0 unspecified atom stereocenters. The van der Waals surface area contributed by atoms with Crippen LogP contribution in [0.2, 0.25) is 0 Å². The second kappa shape index (κ2) is 7.09. The Labute approximate surface area is 125 Å². The first-order valence-electron chi connectivity index (χ1n) is 7.19. The highest BCUT2D eigenvalue weighted by molar-refractivity contribution is 5.78. The van der Waals surface area contributed by atoms with Crippen molar-refractivity contribution in [1.29, 1.82) is 5.26 Å². The van der Waals surface area contributed by atoms with Gasteiger partial charge in [-0.3, -0.25) is 9.69 Å². The Morgan fingerprint density at radius 3 is 2.76 bits per heavy atom. The number of carbonyl (C=O) groups excluding carboxylic acids is 1. The third-order valence-corrected chi connectivity index (χ3v) is 4.00. The molecule has 1 N–H and O–H groups in total. The molecule has 5 nitrogen and oxygen atoms in total. The molecule has 1 aliphatic rings. The fraction of sp³-hybridized carbons (Fsp3) is 0.500. The first kappa shape index (κ1) is 15.3. The van der Waals surface area contributed by atoms with E-state index >= 15 is 0 Å². The largest absolute Gasteiger partial charge is 0.495 e. The Hall–Kier alpha value is -2.06. The minimum absolute atomic E-state index is 0.136. The van der Waals surface area contributed by atoms with E-state index in [1.54, 1.807) is 14.2 Å². The van der Waals surface area contributed by atoms with Crippen LogP contribution in [0.4, 0.5) is 0 Å². The molecular weight excluding hydrogens is 266 g/mol. The molecule has 2 rings (SSSR count). The molecule has 112 valence electrons. The second-order valence-electron chi connectivity index (χ2n) is 5.31. The lowest BCUT2D eigenvalue weighted by molar-refractivity contribution is -0.125. The molecule has 5 heteroatoms. The summed E-state index contributed by atoms with van der Waals surface area (Å²) in [5.41, 5.74) is 1.67. The van der Waals surface area contributed by atoms with E-state index in [0.29, 0.717) is 11.3 Å². The van der Waals surface area contributed by atoms with Gasteiger partial charge in [-0.05, 0) is 43.6 Å². The number of hydrogen-bond acceptors (Lipinski definition) is 4. The summed E-state index contributed by atoms with van der Waals surface area (Å²) >= 11 is 0. The van der Waals surface area contributed by atoms with Crippen LogP contribution >= 0.6 is 0 Å². The van der Waals surface area contributed by atoms with Gasteiger partial charge in [-0.15, -0.1) is 0 Å². The molecular formula is C16H21N3O2. The number of nitriles is 1. The molecule has 0 bridgehead atoms. The number of ether oxygens (including phenoxy) is 1. The minimum Gasteiger partial charge on any atom is -0.495 e. The van der Waals surface area contributed by atoms with Gasteiger partial charge in [0.15, 0.2) is 0 Å². The molecule has 0 aliphatic carbocycles. The van der Waals surface area contributed by atoms with Crippen molar-refractivity contribution < 1.29 is 9.53 Å². The summed E-state index contributed by atoms with van der Waals surface area (Å²) < 4.78 is 5.15. The van der Waals surface area contributed by atoms with Crippen molar-refractivity contribution in [2.45, 2.75) is 19.4 Å². The standard InChI is InChI=1S/C16H21N3O2/c1-18-16(20)13-5-7-19(8-6-13)11-12-3-4-15(21-2)14(9-12)10-17/h3-4,9,13H,5-8,11H2,1-2H3,(H,18,20). The van der Waals surface area contributed by atoms with Gasteiger partial charge >= 0.3 is 0 Å². The number of benzene rings is 1. The maximum absolute atomic E-state index is 11.6. The number of hydrogen-bond donors (Lipinski definition) is 1. The van der Waals surface area contributed by atoms with Crippen molar-refractivity contribution in [2.75, 3.05) is 27.2 Å². The van der Waals surface area contributed by atoms with Crippen LogP contribution in [-0.4, -0.2) is 38.1 Å². The van der Waals surface area contributed by atoms with Gasteiger partial charge in [-0.25, -0.2) is 0 Å². The Morgan fingerprint density at radius 2 is 2.19 bits per heavy atom. The number of methoxy groups -OCH3 is 1. The van der Waals surface area contributed by atoms with Crippen LogP contribution in [-0.2, 0) is 11.3 Å². The fourth-order valence-corrected chi connectivity index (χ4v) is 2.76. The van der Waals surface area contributed by atoms with Crippen LogP contribution < -0.4 is 10.1 Å². The van der Waals surface area contributed by atoms with Gasteiger partial charge in [0.1, 0.15) is 11.8 Å². The van der Waals surface area contributed by atoms with E-state index in [9.17, 15) is 4.79 Å². The zero-order valence-corrected chi connectivity index (χ0v) is 12.6. The number of likely N-dealkylation sites (tertiary alicyclic amines) is 1. The normalized spacial score (nSPS) is 16.2. The highest BCUT2D eigenvalue weighted by Crippen LogP contribution is 2.22. The van der Waals surface area contributed by atoms with Crippen molar-refractivity contribution in [3.63, 3.8) is 0 Å². The lowest BCUT2D eigenvalue weighted by Crippen LogP contribution is -2.39. The average Bonchev–Trinajstić information content (AvgIpc) is 2.54. The smallest absolute Gasteiger partial charge is 0.222 e. The molecule has 1 saturated heterocycles. The van der Waals surface area contributed by atoms with E-state index in [2.05, 4.69) is 16.3 Å². The predicted octanol–water partition coefficient (Wildman–Crippen LogP) is 1.52. The van der Waals surface area contributed by atoms with Crippen LogP contribution in [0.3, 0.4) is 0 Å². The molecule has 1 heterocycles. The Kier molecular flexibility index (Phi) is 5.18. The summed E-state index contributed by atoms with van der Waals surface area (Å²) in [7, 11) is 3.26. The summed E-state index contributed by atoms with van der Waals surface area (Å²) in [4.78, 5) is 13.9. The van der Waals surface area contributed by atoms with Gasteiger partial charge in [0.05, 0.1) is 12.7 Å². The van der Waals surface area contributed by atoms with Gasteiger partial charge in [-0.1, -0.05) is 6.07 Å². The molecule has 0 radical (unpaired) electrons. The highest BCUT2D eigenvalue weighted by Gasteiger charge is 2.24. The number of piperidine rings is 1. The molecule has 0 aromatic heterocycles. The lowest BCUT2D eigenvalue weighted by Gasteiger charge is -2.31.